The van der Waals surface area contributed by atoms with Gasteiger partial charge in [0.2, 0.25) is 0 Å². The molecule has 8 nitrogen and oxygen atoms in total. The lowest BCUT2D eigenvalue weighted by molar-refractivity contribution is -0.112. The van der Waals surface area contributed by atoms with Gasteiger partial charge in [-0.2, -0.15) is 14.9 Å². The molecular weight excluding hydrogens is 388 g/mol. The van der Waals surface area contributed by atoms with Crippen LogP contribution in [-0.4, -0.2) is 30.1 Å². The molecule has 0 unspecified atom stereocenters. The summed E-state index contributed by atoms with van der Waals surface area (Å²) in [5.41, 5.74) is 4.60. The molecule has 0 saturated carbocycles. The Morgan fingerprint density at radius 1 is 1.21 bits per heavy atom. The molecule has 4 rings (SSSR count). The van der Waals surface area contributed by atoms with E-state index in [0.29, 0.717) is 6.54 Å². The van der Waals surface area contributed by atoms with E-state index in [4.69, 9.17) is 0 Å². The Bertz CT molecular complexity index is 1200. The van der Waals surface area contributed by atoms with Crippen LogP contribution in [0.15, 0.2) is 71.2 Å². The summed E-state index contributed by atoms with van der Waals surface area (Å²) in [7, 11) is 0. The van der Waals surface area contributed by atoms with Crippen molar-refractivity contribution in [2.24, 2.45) is 0 Å². The number of rotatable bonds is 6. The van der Waals surface area contributed by atoms with Gasteiger partial charge in [0, 0.05) is 24.4 Å². The lowest BCUT2D eigenvalue weighted by Crippen LogP contribution is -2.33. The summed E-state index contributed by atoms with van der Waals surface area (Å²) in [6.45, 7) is 2.23. The second-order valence-electron chi connectivity index (χ2n) is 6.10. The predicted octanol–water partition coefficient (Wildman–Crippen LogP) is 2.76. The number of nitrogens with zero attached hydrogens (tertiary/aromatic N) is 5. The maximum atomic E-state index is 12.3. The average Bonchev–Trinajstić information content (AvgIpc) is 3.48. The van der Waals surface area contributed by atoms with Gasteiger partial charge in [0.15, 0.2) is 0 Å². The maximum absolute atomic E-state index is 12.3. The third-order valence-corrected chi connectivity index (χ3v) is 5.07. The largest absolute Gasteiger partial charge is 0.364 e. The van der Waals surface area contributed by atoms with Crippen LogP contribution in [0, 0.1) is 0 Å². The number of carbonyl (C=O) groups is 1. The van der Waals surface area contributed by atoms with Crippen LogP contribution in [-0.2, 0) is 11.3 Å². The van der Waals surface area contributed by atoms with E-state index in [1.807, 2.05) is 54.0 Å². The van der Waals surface area contributed by atoms with Crippen molar-refractivity contribution in [1.82, 2.24) is 24.2 Å². The van der Waals surface area contributed by atoms with Gasteiger partial charge in [-0.1, -0.05) is 24.3 Å². The Kier molecular flexibility index (Phi) is 5.21. The summed E-state index contributed by atoms with van der Waals surface area (Å²) in [4.78, 5) is 25.3. The zero-order chi connectivity index (χ0) is 20.2. The fraction of sp³-hybridized carbons (Fsp3) is 0.100. The summed E-state index contributed by atoms with van der Waals surface area (Å²) < 4.78 is 4.09. The minimum atomic E-state index is -0.438. The van der Waals surface area contributed by atoms with Crippen LogP contribution >= 0.6 is 11.3 Å². The van der Waals surface area contributed by atoms with E-state index in [-0.39, 0.29) is 0 Å². The first-order valence-corrected chi connectivity index (χ1v) is 9.86. The highest BCUT2D eigenvalue weighted by Crippen LogP contribution is 2.28. The summed E-state index contributed by atoms with van der Waals surface area (Å²) in [5.74, 6) is -0.438. The Morgan fingerprint density at radius 2 is 2.03 bits per heavy atom. The number of aryl methyl sites for hydroxylation is 1. The van der Waals surface area contributed by atoms with Crippen LogP contribution in [0.1, 0.15) is 12.5 Å². The Balaban J connectivity index is 1.61. The molecule has 0 fully saturated rings. The van der Waals surface area contributed by atoms with Crippen molar-refractivity contribution in [3.63, 3.8) is 0 Å². The second-order valence-corrected chi connectivity index (χ2v) is 7.05. The van der Waals surface area contributed by atoms with Crippen LogP contribution in [0.2, 0.25) is 0 Å². The summed E-state index contributed by atoms with van der Waals surface area (Å²) in [5, 5.41) is 10.6. The molecule has 9 heteroatoms. The van der Waals surface area contributed by atoms with Gasteiger partial charge < -0.3 is 0 Å². The van der Waals surface area contributed by atoms with Crippen molar-refractivity contribution < 1.29 is 4.79 Å². The second kappa shape index (κ2) is 8.11. The van der Waals surface area contributed by atoms with Gasteiger partial charge in [0.25, 0.3) is 5.91 Å². The first-order chi connectivity index (χ1) is 14.2. The van der Waals surface area contributed by atoms with Crippen molar-refractivity contribution in [3.05, 3.63) is 82.5 Å². The number of nitrogens with one attached hydrogen (secondary N) is 1. The summed E-state index contributed by atoms with van der Waals surface area (Å²) in [6, 6.07) is 13.7. The van der Waals surface area contributed by atoms with Gasteiger partial charge in [-0.25, -0.2) is 14.2 Å². The molecule has 4 aromatic rings. The average molecular weight is 406 g/mol. The Hall–Kier alpha value is -3.72. The van der Waals surface area contributed by atoms with Gasteiger partial charge in [-0.3, -0.25) is 10.2 Å². The highest BCUT2D eigenvalue weighted by Gasteiger charge is 2.12. The molecule has 3 heterocycles. The van der Waals surface area contributed by atoms with E-state index >= 15 is 0 Å². The highest BCUT2D eigenvalue weighted by atomic mass is 32.1. The maximum Gasteiger partial charge on any atom is 0.364 e. The van der Waals surface area contributed by atoms with E-state index in [9.17, 15) is 9.59 Å². The van der Waals surface area contributed by atoms with Crippen molar-refractivity contribution in [2.75, 3.05) is 5.43 Å². The SMILES string of the molecule is CCn1ncn(NC(=O)/C=C/c2cn(-c3ccccc3)nc2-c2cccs2)c1=O. The Labute approximate surface area is 170 Å². The number of hydrogen-bond donors (Lipinski definition) is 1. The molecule has 0 radical (unpaired) electrons. The summed E-state index contributed by atoms with van der Waals surface area (Å²) in [6.07, 6.45) is 6.21. The molecule has 146 valence electrons. The minimum Gasteiger partial charge on any atom is -0.268 e. The molecule has 1 aromatic carbocycles. The Morgan fingerprint density at radius 3 is 2.72 bits per heavy atom. The van der Waals surface area contributed by atoms with Crippen molar-refractivity contribution in [1.29, 1.82) is 0 Å². The van der Waals surface area contributed by atoms with Gasteiger partial charge in [-0.15, -0.1) is 11.3 Å². The van der Waals surface area contributed by atoms with Crippen molar-refractivity contribution in [2.45, 2.75) is 13.5 Å². The lowest BCUT2D eigenvalue weighted by Gasteiger charge is -1.99. The first-order valence-electron chi connectivity index (χ1n) is 8.98. The van der Waals surface area contributed by atoms with E-state index < -0.39 is 11.6 Å². The number of thiophene rings is 1. The molecule has 0 aliphatic carbocycles. The zero-order valence-corrected chi connectivity index (χ0v) is 16.4. The molecule has 0 spiro atoms. The van der Waals surface area contributed by atoms with Gasteiger partial charge >= 0.3 is 5.69 Å². The molecule has 0 bridgehead atoms. The van der Waals surface area contributed by atoms with Crippen LogP contribution in [0.5, 0.6) is 0 Å². The molecule has 1 amide bonds. The molecule has 0 aliphatic rings. The normalized spacial score (nSPS) is 11.2. The van der Waals surface area contributed by atoms with Gasteiger partial charge in [-0.05, 0) is 36.6 Å². The fourth-order valence-electron chi connectivity index (χ4n) is 2.78. The highest BCUT2D eigenvalue weighted by molar-refractivity contribution is 7.13. The number of carbonyl (C=O) groups excluding carboxylic acids is 1. The van der Waals surface area contributed by atoms with Gasteiger partial charge in [0.05, 0.1) is 10.6 Å². The molecule has 1 N–H and O–H groups in total. The first kappa shape index (κ1) is 18.6. The number of para-hydroxylation sites is 1. The van der Waals surface area contributed by atoms with Crippen LogP contribution in [0.3, 0.4) is 0 Å². The molecule has 0 saturated heterocycles. The molecule has 29 heavy (non-hydrogen) atoms. The number of benzene rings is 1. The quantitative estimate of drug-likeness (QED) is 0.499. The number of aromatic nitrogens is 5. The molecule has 0 atom stereocenters. The van der Waals surface area contributed by atoms with Crippen LogP contribution in [0.4, 0.5) is 0 Å². The third-order valence-electron chi connectivity index (χ3n) is 4.20. The smallest absolute Gasteiger partial charge is 0.268 e. The van der Waals surface area contributed by atoms with Gasteiger partial charge in [0.1, 0.15) is 12.0 Å². The van der Waals surface area contributed by atoms with Crippen molar-refractivity contribution in [3.8, 4) is 16.3 Å². The van der Waals surface area contributed by atoms with E-state index in [2.05, 4.69) is 15.6 Å². The fourth-order valence-corrected chi connectivity index (χ4v) is 3.51. The molecular formula is C20H18N6O2S. The van der Waals surface area contributed by atoms with E-state index in [1.54, 1.807) is 29.0 Å². The lowest BCUT2D eigenvalue weighted by atomic mass is 10.2. The minimum absolute atomic E-state index is 0.398. The van der Waals surface area contributed by atoms with E-state index in [1.165, 1.54) is 17.1 Å². The number of amides is 1. The van der Waals surface area contributed by atoms with Crippen molar-refractivity contribution >= 4 is 23.3 Å². The number of hydrogen-bond acceptors (Lipinski definition) is 5. The topological polar surface area (TPSA) is 86.7 Å². The summed E-state index contributed by atoms with van der Waals surface area (Å²) >= 11 is 1.58. The monoisotopic (exact) mass is 406 g/mol. The van der Waals surface area contributed by atoms with Crippen LogP contribution in [0.25, 0.3) is 22.3 Å². The standard InChI is InChI=1S/C20H18N6O2S/c1-2-24-20(28)26(14-21-24)22-18(27)11-10-15-13-25(16-7-4-3-5-8-16)23-19(15)17-9-6-12-29-17/h3-14H,2H2,1H3,(H,22,27)/b11-10+. The van der Waals surface area contributed by atoms with E-state index in [0.717, 1.165) is 26.5 Å². The molecule has 0 aliphatic heterocycles. The van der Waals surface area contributed by atoms with Crippen LogP contribution < -0.4 is 11.1 Å². The zero-order valence-electron chi connectivity index (χ0n) is 15.6. The predicted molar refractivity (Wildman–Crippen MR) is 112 cm³/mol. The third kappa shape index (κ3) is 3.94. The molecule has 3 aromatic heterocycles.